The van der Waals surface area contributed by atoms with Crippen molar-refractivity contribution in [2.75, 3.05) is 19.4 Å². The van der Waals surface area contributed by atoms with Gasteiger partial charge in [-0.3, -0.25) is 10.1 Å². The molecule has 0 spiro atoms. The third-order valence-corrected chi connectivity index (χ3v) is 12.4. The van der Waals surface area contributed by atoms with Gasteiger partial charge in [-0.2, -0.15) is 0 Å². The minimum Gasteiger partial charge on any atom is -0.463 e. The molecule has 0 fully saturated rings. The molecule has 1 unspecified atom stereocenters. The number of rotatable bonds is 11. The molecular formula is C37H36N2O6P+. The van der Waals surface area contributed by atoms with Crippen LogP contribution in [0.3, 0.4) is 0 Å². The van der Waals surface area contributed by atoms with Gasteiger partial charge in [0.25, 0.3) is 5.69 Å². The van der Waals surface area contributed by atoms with E-state index in [9.17, 15) is 19.7 Å². The molecule has 8 nitrogen and oxygen atoms in total. The van der Waals surface area contributed by atoms with Crippen LogP contribution in [0.15, 0.2) is 138 Å². The van der Waals surface area contributed by atoms with E-state index in [1.807, 2.05) is 54.6 Å². The minimum atomic E-state index is -2.52. The summed E-state index contributed by atoms with van der Waals surface area (Å²) in [7, 11) is -2.52. The second-order valence-electron chi connectivity index (χ2n) is 10.8. The number of non-ortho nitro benzene ring substituents is 1. The van der Waals surface area contributed by atoms with E-state index < -0.39 is 30.0 Å². The molecule has 0 bridgehead atoms. The highest BCUT2D eigenvalue weighted by molar-refractivity contribution is 7.95. The number of allylic oxidation sites excluding steroid dienone is 2. The largest absolute Gasteiger partial charge is 0.463 e. The Labute approximate surface area is 269 Å². The Balaban J connectivity index is 1.85. The third-order valence-electron chi connectivity index (χ3n) is 8.04. The van der Waals surface area contributed by atoms with Crippen molar-refractivity contribution in [1.29, 1.82) is 0 Å². The van der Waals surface area contributed by atoms with Crippen LogP contribution in [0.2, 0.25) is 0 Å². The van der Waals surface area contributed by atoms with Crippen LogP contribution in [-0.2, 0) is 19.1 Å². The lowest BCUT2D eigenvalue weighted by molar-refractivity contribution is -0.384. The average Bonchev–Trinajstić information content (AvgIpc) is 3.08. The maximum absolute atomic E-state index is 14.1. The fourth-order valence-electron chi connectivity index (χ4n) is 6.11. The molecule has 234 valence electrons. The molecular weight excluding hydrogens is 599 g/mol. The maximum atomic E-state index is 14.1. The topological polar surface area (TPSA) is 108 Å². The van der Waals surface area contributed by atoms with Crippen LogP contribution in [0.5, 0.6) is 0 Å². The first-order valence-electron chi connectivity index (χ1n) is 15.2. The summed E-state index contributed by atoms with van der Waals surface area (Å²) >= 11 is 0. The number of dihydropyridines is 1. The van der Waals surface area contributed by atoms with Gasteiger partial charge in [0.1, 0.15) is 29.3 Å². The summed E-state index contributed by atoms with van der Waals surface area (Å²) in [6.45, 7) is 5.42. The third kappa shape index (κ3) is 6.35. The van der Waals surface area contributed by atoms with Crippen molar-refractivity contribution in [1.82, 2.24) is 5.32 Å². The maximum Gasteiger partial charge on any atom is 0.336 e. The minimum absolute atomic E-state index is 0.102. The number of hydrogen-bond donors (Lipinski definition) is 1. The predicted octanol–water partition coefficient (Wildman–Crippen LogP) is 5.93. The van der Waals surface area contributed by atoms with Crippen LogP contribution in [0.4, 0.5) is 5.69 Å². The van der Waals surface area contributed by atoms with Crippen molar-refractivity contribution in [3.05, 3.63) is 153 Å². The number of benzene rings is 4. The van der Waals surface area contributed by atoms with Crippen molar-refractivity contribution >= 4 is 40.8 Å². The number of esters is 2. The first kappa shape index (κ1) is 32.3. The van der Waals surface area contributed by atoms with Gasteiger partial charge in [0.15, 0.2) is 0 Å². The SMILES string of the molecule is CCOC(=O)C1=C(C)NC(C[P+](c2ccccc2)(c2ccccc2)c2ccccc2)=C(C(=O)OCC)C1c1cccc([N+](=O)[O-])c1. The highest BCUT2D eigenvalue weighted by atomic mass is 31.2. The first-order valence-corrected chi connectivity index (χ1v) is 17.1. The molecule has 0 aliphatic carbocycles. The number of nitrogens with zero attached hydrogens (tertiary/aromatic N) is 1. The normalized spacial score (nSPS) is 14.8. The van der Waals surface area contributed by atoms with E-state index in [0.29, 0.717) is 23.1 Å². The molecule has 0 saturated heterocycles. The molecule has 4 aromatic carbocycles. The Morgan fingerprint density at radius 2 is 1.22 bits per heavy atom. The van der Waals surface area contributed by atoms with Crippen LogP contribution >= 0.6 is 7.26 Å². The lowest BCUT2D eigenvalue weighted by Crippen LogP contribution is -2.39. The molecule has 9 heteroatoms. The Bertz CT molecular complexity index is 1690. The van der Waals surface area contributed by atoms with E-state index >= 15 is 0 Å². The van der Waals surface area contributed by atoms with Gasteiger partial charge in [0.2, 0.25) is 0 Å². The number of carbonyl (C=O) groups is 2. The standard InChI is InChI=1S/C37H35N2O6P/c1-4-44-36(40)33-26(3)38-32(35(37(41)45-5-2)34(33)27-16-15-17-28(24-27)39(42)43)25-46(29-18-9-6-10-19-29,30-20-11-7-12-21-30)31-22-13-8-14-23-31/h6-24,34H,4-5,25H2,1-3H3/p+1. The Kier molecular flexibility index (Phi) is 10.1. The van der Waals surface area contributed by atoms with Gasteiger partial charge >= 0.3 is 11.9 Å². The molecule has 1 atom stereocenters. The monoisotopic (exact) mass is 635 g/mol. The van der Waals surface area contributed by atoms with E-state index in [2.05, 4.69) is 41.7 Å². The molecule has 1 aliphatic rings. The van der Waals surface area contributed by atoms with Crippen LogP contribution in [-0.4, -0.2) is 36.2 Å². The van der Waals surface area contributed by atoms with Crippen molar-refractivity contribution < 1.29 is 24.0 Å². The van der Waals surface area contributed by atoms with E-state index in [1.165, 1.54) is 12.1 Å². The number of nitrogens with one attached hydrogen (secondary N) is 1. The highest BCUT2D eigenvalue weighted by Gasteiger charge is 2.49. The summed E-state index contributed by atoms with van der Waals surface area (Å²) in [4.78, 5) is 39.1. The van der Waals surface area contributed by atoms with Gasteiger partial charge in [-0.1, -0.05) is 66.7 Å². The second kappa shape index (κ2) is 14.4. The van der Waals surface area contributed by atoms with Gasteiger partial charge in [-0.25, -0.2) is 9.59 Å². The van der Waals surface area contributed by atoms with Crippen molar-refractivity contribution in [3.8, 4) is 0 Å². The Hall–Kier alpha value is -5.07. The fourth-order valence-corrected chi connectivity index (χ4v) is 10.3. The molecule has 0 aromatic heterocycles. The number of hydrogen-bond acceptors (Lipinski definition) is 7. The van der Waals surface area contributed by atoms with Crippen molar-refractivity contribution in [3.63, 3.8) is 0 Å². The second-order valence-corrected chi connectivity index (χ2v) is 14.2. The molecule has 0 amide bonds. The van der Waals surface area contributed by atoms with Crippen molar-refractivity contribution in [2.45, 2.75) is 26.7 Å². The smallest absolute Gasteiger partial charge is 0.336 e. The van der Waals surface area contributed by atoms with E-state index in [-0.39, 0.29) is 30.0 Å². The number of ether oxygens (including phenoxy) is 2. The quantitative estimate of drug-likeness (QED) is 0.0942. The fraction of sp³-hybridized carbons (Fsp3) is 0.189. The highest BCUT2D eigenvalue weighted by Crippen LogP contribution is 2.57. The number of nitro benzene ring substituents is 1. The summed E-state index contributed by atoms with van der Waals surface area (Å²) in [6, 6.07) is 36.8. The Morgan fingerprint density at radius 1 is 0.739 bits per heavy atom. The summed E-state index contributed by atoms with van der Waals surface area (Å²) < 4.78 is 11.1. The van der Waals surface area contributed by atoms with Gasteiger partial charge in [0.05, 0.1) is 40.9 Å². The van der Waals surface area contributed by atoms with Crippen LogP contribution in [0.25, 0.3) is 0 Å². The zero-order valence-electron chi connectivity index (χ0n) is 26.0. The predicted molar refractivity (Wildman–Crippen MR) is 182 cm³/mol. The molecule has 46 heavy (non-hydrogen) atoms. The molecule has 1 heterocycles. The molecule has 0 radical (unpaired) electrons. The van der Waals surface area contributed by atoms with E-state index in [1.54, 1.807) is 32.9 Å². The molecule has 0 saturated carbocycles. The first-order chi connectivity index (χ1) is 22.3. The number of nitro groups is 1. The van der Waals surface area contributed by atoms with E-state index in [4.69, 9.17) is 9.47 Å². The molecule has 4 aromatic rings. The van der Waals surface area contributed by atoms with Gasteiger partial charge in [-0.15, -0.1) is 0 Å². The van der Waals surface area contributed by atoms with E-state index in [0.717, 1.165) is 15.9 Å². The molecule has 1 N–H and O–H groups in total. The average molecular weight is 636 g/mol. The van der Waals surface area contributed by atoms with Crippen LogP contribution < -0.4 is 21.2 Å². The van der Waals surface area contributed by atoms with Crippen molar-refractivity contribution in [2.24, 2.45) is 0 Å². The summed E-state index contributed by atoms with van der Waals surface area (Å²) in [5.41, 5.74) is 1.79. The van der Waals surface area contributed by atoms with Crippen LogP contribution in [0, 0.1) is 10.1 Å². The van der Waals surface area contributed by atoms with Gasteiger partial charge in [-0.05, 0) is 62.7 Å². The zero-order valence-corrected chi connectivity index (χ0v) is 26.9. The van der Waals surface area contributed by atoms with Gasteiger partial charge < -0.3 is 14.8 Å². The summed E-state index contributed by atoms with van der Waals surface area (Å²) in [6.07, 6.45) is 0.387. The summed E-state index contributed by atoms with van der Waals surface area (Å²) in [5, 5.41) is 18.6. The zero-order chi connectivity index (χ0) is 32.7. The van der Waals surface area contributed by atoms with Crippen LogP contribution in [0.1, 0.15) is 32.3 Å². The summed E-state index contributed by atoms with van der Waals surface area (Å²) in [5.74, 6) is -2.19. The molecule has 5 rings (SSSR count). The Morgan fingerprint density at radius 3 is 1.67 bits per heavy atom. The molecule has 1 aliphatic heterocycles. The lowest BCUT2D eigenvalue weighted by atomic mass is 9.80. The number of carbonyl (C=O) groups excluding carboxylic acids is 2. The van der Waals surface area contributed by atoms with Gasteiger partial charge in [0, 0.05) is 17.8 Å². The lowest BCUT2D eigenvalue weighted by Gasteiger charge is -2.34.